The molecule has 4 rings (SSSR count). The van der Waals surface area contributed by atoms with Gasteiger partial charge in [0, 0.05) is 51.3 Å². The Morgan fingerprint density at radius 1 is 1.26 bits per heavy atom. The van der Waals surface area contributed by atoms with Gasteiger partial charge in [-0.3, -0.25) is 19.1 Å². The van der Waals surface area contributed by atoms with Gasteiger partial charge in [0.15, 0.2) is 0 Å². The summed E-state index contributed by atoms with van der Waals surface area (Å²) in [6.07, 6.45) is 7.70. The molecule has 188 valence electrons. The first-order chi connectivity index (χ1) is 16.8. The fourth-order valence-electron chi connectivity index (χ4n) is 4.94. The Hall–Kier alpha value is -2.81. The molecule has 1 amide bonds. The molecule has 8 nitrogen and oxygen atoms in total. The minimum atomic E-state index is -1.03. The van der Waals surface area contributed by atoms with Crippen LogP contribution in [0.5, 0.6) is 0 Å². The minimum Gasteiger partial charge on any atom is -0.388 e. The number of aliphatic hydroxyl groups is 1. The van der Waals surface area contributed by atoms with E-state index in [9.17, 15) is 14.7 Å². The highest BCUT2D eigenvalue weighted by atomic mass is 16.3. The second-order valence-electron chi connectivity index (χ2n) is 10.1. The fraction of sp³-hybridized carbons (Fsp3) is 0.519. The summed E-state index contributed by atoms with van der Waals surface area (Å²) in [5, 5.41) is 11.1. The number of rotatable bonds is 8. The summed E-state index contributed by atoms with van der Waals surface area (Å²) < 4.78 is 1.46. The maximum absolute atomic E-state index is 12.8. The highest BCUT2D eigenvalue weighted by Gasteiger charge is 2.34. The van der Waals surface area contributed by atoms with Crippen molar-refractivity contribution in [1.82, 2.24) is 19.4 Å². The van der Waals surface area contributed by atoms with Gasteiger partial charge in [-0.05, 0) is 36.8 Å². The Balaban J connectivity index is 1.27. The Bertz CT molecular complexity index is 1080. The van der Waals surface area contributed by atoms with Crippen LogP contribution in [0.3, 0.4) is 0 Å². The molecule has 2 atom stereocenters. The standard InChI is InChI=1S/C27H37N5O3/c1-21(22-6-3-2-4-7-22)16-25(33)31-14-10-27(35,11-15-31)19-32-20-29-24(17-26(32)34)8-5-12-30-13-9-23(28)18-30/h2-8,17,20-21,23,35H,9-16,18-19,28H2,1H3/b8-5+. The van der Waals surface area contributed by atoms with Crippen molar-refractivity contribution in [3.05, 3.63) is 70.4 Å². The lowest BCUT2D eigenvalue weighted by Crippen LogP contribution is -2.49. The Morgan fingerprint density at radius 2 is 2.00 bits per heavy atom. The van der Waals surface area contributed by atoms with Gasteiger partial charge in [0.05, 0.1) is 24.2 Å². The summed E-state index contributed by atoms with van der Waals surface area (Å²) in [7, 11) is 0. The van der Waals surface area contributed by atoms with E-state index in [1.807, 2.05) is 47.4 Å². The molecule has 2 aliphatic rings. The molecule has 1 aromatic heterocycles. The van der Waals surface area contributed by atoms with Crippen LogP contribution in [0.25, 0.3) is 6.08 Å². The second kappa shape index (κ2) is 11.3. The predicted octanol–water partition coefficient (Wildman–Crippen LogP) is 1.84. The van der Waals surface area contributed by atoms with E-state index in [0.717, 1.165) is 31.6 Å². The molecular weight excluding hydrogens is 442 g/mol. The molecule has 2 aliphatic heterocycles. The van der Waals surface area contributed by atoms with Crippen molar-refractivity contribution in [2.75, 3.05) is 32.7 Å². The van der Waals surface area contributed by atoms with Crippen LogP contribution in [0, 0.1) is 0 Å². The summed E-state index contributed by atoms with van der Waals surface area (Å²) in [6, 6.07) is 11.8. The van der Waals surface area contributed by atoms with Crippen LogP contribution in [0.4, 0.5) is 0 Å². The summed E-state index contributed by atoms with van der Waals surface area (Å²) in [4.78, 5) is 33.9. The Labute approximate surface area is 207 Å². The average Bonchev–Trinajstić information content (AvgIpc) is 3.26. The van der Waals surface area contributed by atoms with Crippen LogP contribution in [-0.4, -0.2) is 74.7 Å². The van der Waals surface area contributed by atoms with Gasteiger partial charge in [-0.1, -0.05) is 43.3 Å². The third-order valence-electron chi connectivity index (χ3n) is 7.22. The number of hydrogen-bond acceptors (Lipinski definition) is 6. The normalized spacial score (nSPS) is 21.5. The molecule has 2 unspecified atom stereocenters. The molecule has 2 saturated heterocycles. The molecule has 1 aromatic carbocycles. The van der Waals surface area contributed by atoms with E-state index in [4.69, 9.17) is 5.73 Å². The summed E-state index contributed by atoms with van der Waals surface area (Å²) in [5.41, 5.74) is 6.47. The van der Waals surface area contributed by atoms with Crippen LogP contribution >= 0.6 is 0 Å². The molecule has 8 heteroatoms. The monoisotopic (exact) mass is 479 g/mol. The number of carbonyl (C=O) groups is 1. The quantitative estimate of drug-likeness (QED) is 0.599. The Kier molecular flexibility index (Phi) is 8.15. The zero-order chi connectivity index (χ0) is 24.8. The number of nitrogens with zero attached hydrogens (tertiary/aromatic N) is 4. The number of nitrogens with two attached hydrogens (primary N) is 1. The van der Waals surface area contributed by atoms with Crippen molar-refractivity contribution < 1.29 is 9.90 Å². The number of carbonyl (C=O) groups excluding carboxylic acids is 1. The first kappa shape index (κ1) is 25.3. The summed E-state index contributed by atoms with van der Waals surface area (Å²) in [5.74, 6) is 0.254. The van der Waals surface area contributed by atoms with E-state index >= 15 is 0 Å². The lowest BCUT2D eigenvalue weighted by molar-refractivity contribution is -0.136. The van der Waals surface area contributed by atoms with Crippen molar-refractivity contribution in [2.24, 2.45) is 5.73 Å². The van der Waals surface area contributed by atoms with Gasteiger partial charge in [-0.2, -0.15) is 0 Å². The van der Waals surface area contributed by atoms with Crippen LogP contribution in [-0.2, 0) is 11.3 Å². The van der Waals surface area contributed by atoms with Gasteiger partial charge in [0.2, 0.25) is 5.91 Å². The van der Waals surface area contributed by atoms with Gasteiger partial charge < -0.3 is 15.7 Å². The van der Waals surface area contributed by atoms with Crippen molar-refractivity contribution in [3.63, 3.8) is 0 Å². The van der Waals surface area contributed by atoms with Gasteiger partial charge in [0.25, 0.3) is 5.56 Å². The highest BCUT2D eigenvalue weighted by Crippen LogP contribution is 2.26. The number of likely N-dealkylation sites (tertiary alicyclic amines) is 2. The average molecular weight is 480 g/mol. The van der Waals surface area contributed by atoms with E-state index in [0.29, 0.717) is 38.0 Å². The van der Waals surface area contributed by atoms with Gasteiger partial charge in [-0.15, -0.1) is 0 Å². The molecule has 0 spiro atoms. The maximum Gasteiger partial charge on any atom is 0.253 e. The molecule has 2 fully saturated rings. The van der Waals surface area contributed by atoms with E-state index in [1.165, 1.54) is 17.0 Å². The number of hydrogen-bond donors (Lipinski definition) is 2. The van der Waals surface area contributed by atoms with Gasteiger partial charge >= 0.3 is 0 Å². The van der Waals surface area contributed by atoms with Crippen molar-refractivity contribution in [3.8, 4) is 0 Å². The van der Waals surface area contributed by atoms with E-state index in [1.54, 1.807) is 0 Å². The van der Waals surface area contributed by atoms with Crippen LogP contribution in [0.2, 0.25) is 0 Å². The number of piperidine rings is 1. The third kappa shape index (κ3) is 6.87. The fourth-order valence-corrected chi connectivity index (χ4v) is 4.94. The van der Waals surface area contributed by atoms with E-state index in [2.05, 4.69) is 16.8 Å². The van der Waals surface area contributed by atoms with E-state index < -0.39 is 5.60 Å². The van der Waals surface area contributed by atoms with Crippen molar-refractivity contribution in [2.45, 2.75) is 56.7 Å². The topological polar surface area (TPSA) is 105 Å². The number of aromatic nitrogens is 2. The molecule has 0 radical (unpaired) electrons. The van der Waals surface area contributed by atoms with Gasteiger partial charge in [0.1, 0.15) is 0 Å². The highest BCUT2D eigenvalue weighted by molar-refractivity contribution is 5.77. The smallest absolute Gasteiger partial charge is 0.253 e. The lowest BCUT2D eigenvalue weighted by atomic mass is 9.90. The molecule has 3 heterocycles. The molecule has 3 N–H and O–H groups in total. The predicted molar refractivity (Wildman–Crippen MR) is 137 cm³/mol. The molecular formula is C27H37N5O3. The van der Waals surface area contributed by atoms with Crippen LogP contribution < -0.4 is 11.3 Å². The largest absolute Gasteiger partial charge is 0.388 e. The minimum absolute atomic E-state index is 0.106. The van der Waals surface area contributed by atoms with Crippen molar-refractivity contribution >= 4 is 12.0 Å². The zero-order valence-electron chi connectivity index (χ0n) is 20.6. The molecule has 0 saturated carbocycles. The number of amides is 1. The summed E-state index contributed by atoms with van der Waals surface area (Å²) in [6.45, 7) is 5.89. The molecule has 2 aromatic rings. The maximum atomic E-state index is 12.8. The first-order valence-corrected chi connectivity index (χ1v) is 12.6. The summed E-state index contributed by atoms with van der Waals surface area (Å²) >= 11 is 0. The van der Waals surface area contributed by atoms with Crippen molar-refractivity contribution in [1.29, 1.82) is 0 Å². The van der Waals surface area contributed by atoms with Crippen LogP contribution in [0.15, 0.2) is 53.6 Å². The lowest BCUT2D eigenvalue weighted by Gasteiger charge is -2.38. The third-order valence-corrected chi connectivity index (χ3v) is 7.22. The number of benzene rings is 1. The van der Waals surface area contributed by atoms with Gasteiger partial charge in [-0.25, -0.2) is 4.98 Å². The molecule has 0 aliphatic carbocycles. The van der Waals surface area contributed by atoms with E-state index in [-0.39, 0.29) is 30.0 Å². The molecule has 0 bridgehead atoms. The first-order valence-electron chi connectivity index (χ1n) is 12.6. The zero-order valence-corrected chi connectivity index (χ0v) is 20.6. The SMILES string of the molecule is CC(CC(=O)N1CCC(O)(Cn2cnc(/C=C/CN3CCC(N)C3)cc2=O)CC1)c1ccccc1. The van der Waals surface area contributed by atoms with Crippen LogP contribution in [0.1, 0.15) is 49.8 Å². The molecule has 35 heavy (non-hydrogen) atoms. The second-order valence-corrected chi connectivity index (χ2v) is 10.1. The Morgan fingerprint density at radius 3 is 2.66 bits per heavy atom.